The van der Waals surface area contributed by atoms with Crippen LogP contribution in [0.1, 0.15) is 57.9 Å². The fourth-order valence-electron chi connectivity index (χ4n) is 2.72. The second kappa shape index (κ2) is 8.02. The minimum Gasteiger partial charge on any atom is -0.481 e. The van der Waals surface area contributed by atoms with Crippen molar-refractivity contribution in [1.82, 2.24) is 5.32 Å². The van der Waals surface area contributed by atoms with E-state index in [0.29, 0.717) is 12.5 Å². The van der Waals surface area contributed by atoms with E-state index in [0.717, 1.165) is 24.2 Å². The maximum absolute atomic E-state index is 12.2. The molecule has 0 spiro atoms. The van der Waals surface area contributed by atoms with E-state index in [1.807, 2.05) is 25.1 Å². The van der Waals surface area contributed by atoms with E-state index < -0.39 is 6.10 Å². The van der Waals surface area contributed by atoms with Gasteiger partial charge in [-0.05, 0) is 50.2 Å². The van der Waals surface area contributed by atoms with Gasteiger partial charge in [-0.3, -0.25) is 4.79 Å². The highest BCUT2D eigenvalue weighted by atomic mass is 16.5. The van der Waals surface area contributed by atoms with Crippen molar-refractivity contribution in [2.24, 2.45) is 0 Å². The molecule has 1 aliphatic carbocycles. The minimum absolute atomic E-state index is 0.0509. The average molecular weight is 301 g/mol. The fraction of sp³-hybridized carbons (Fsp3) is 0.526. The minimum atomic E-state index is -0.482. The van der Waals surface area contributed by atoms with E-state index >= 15 is 0 Å². The normalized spacial score (nSPS) is 16.1. The number of allylic oxidation sites excluding steroid dienone is 1. The summed E-state index contributed by atoms with van der Waals surface area (Å²) in [6.07, 6.45) is 6.51. The Bertz CT molecular complexity index is 534. The van der Waals surface area contributed by atoms with Crippen molar-refractivity contribution >= 4 is 5.91 Å². The third kappa shape index (κ3) is 4.62. The zero-order chi connectivity index (χ0) is 15.9. The van der Waals surface area contributed by atoms with E-state index in [4.69, 9.17) is 4.74 Å². The van der Waals surface area contributed by atoms with E-state index in [1.54, 1.807) is 0 Å². The van der Waals surface area contributed by atoms with Crippen molar-refractivity contribution in [2.45, 2.75) is 58.5 Å². The standard InChI is InChI=1S/C19H27NO2/c1-14(2)17-11-7-8-12-18(17)22-15(3)19(21)20-13-16-9-5-4-6-10-16/h7-9,11-12,14-15H,4-6,10,13H2,1-3H3,(H,20,21)/t15-/m1/s1. The molecule has 0 unspecified atom stereocenters. The van der Waals surface area contributed by atoms with Crippen molar-refractivity contribution < 1.29 is 9.53 Å². The smallest absolute Gasteiger partial charge is 0.261 e. The molecule has 120 valence electrons. The predicted molar refractivity (Wildman–Crippen MR) is 90.2 cm³/mol. The van der Waals surface area contributed by atoms with Crippen LogP contribution < -0.4 is 10.1 Å². The Hall–Kier alpha value is -1.77. The Balaban J connectivity index is 1.90. The van der Waals surface area contributed by atoms with Crippen molar-refractivity contribution in [1.29, 1.82) is 0 Å². The summed E-state index contributed by atoms with van der Waals surface area (Å²) < 4.78 is 5.88. The summed E-state index contributed by atoms with van der Waals surface area (Å²) in [4.78, 5) is 12.2. The number of carbonyl (C=O) groups excluding carboxylic acids is 1. The molecule has 1 aromatic carbocycles. The lowest BCUT2D eigenvalue weighted by atomic mass is 10.00. The molecule has 3 heteroatoms. The molecule has 0 aliphatic heterocycles. The number of benzene rings is 1. The van der Waals surface area contributed by atoms with Crippen LogP contribution in [0.4, 0.5) is 0 Å². The molecular weight excluding hydrogens is 274 g/mol. The lowest BCUT2D eigenvalue weighted by molar-refractivity contribution is -0.127. The highest BCUT2D eigenvalue weighted by molar-refractivity contribution is 5.81. The van der Waals surface area contributed by atoms with Crippen LogP contribution in [0.2, 0.25) is 0 Å². The van der Waals surface area contributed by atoms with Crippen LogP contribution in [-0.4, -0.2) is 18.6 Å². The second-order valence-corrected chi connectivity index (χ2v) is 6.28. The van der Waals surface area contributed by atoms with E-state index in [1.165, 1.54) is 18.4 Å². The van der Waals surface area contributed by atoms with E-state index in [-0.39, 0.29) is 5.91 Å². The Labute approximate surface area is 133 Å². The molecule has 22 heavy (non-hydrogen) atoms. The average Bonchev–Trinajstić information content (AvgIpc) is 2.53. The lowest BCUT2D eigenvalue weighted by Gasteiger charge is -2.19. The van der Waals surface area contributed by atoms with Crippen LogP contribution in [-0.2, 0) is 4.79 Å². The van der Waals surface area contributed by atoms with Gasteiger partial charge in [-0.2, -0.15) is 0 Å². The molecule has 1 atom stereocenters. The topological polar surface area (TPSA) is 38.3 Å². The molecule has 1 amide bonds. The first-order valence-corrected chi connectivity index (χ1v) is 8.29. The SMILES string of the molecule is CC(C)c1ccccc1O[C@H](C)C(=O)NCC1=CCCCC1. The summed E-state index contributed by atoms with van der Waals surface area (Å²) in [5.41, 5.74) is 2.48. The molecule has 1 aliphatic rings. The first kappa shape index (κ1) is 16.6. The molecular formula is C19H27NO2. The van der Waals surface area contributed by atoms with Crippen molar-refractivity contribution in [2.75, 3.05) is 6.54 Å². The highest BCUT2D eigenvalue weighted by Gasteiger charge is 2.17. The number of rotatable bonds is 6. The molecule has 0 saturated carbocycles. The van der Waals surface area contributed by atoms with Gasteiger partial charge in [-0.15, -0.1) is 0 Å². The molecule has 0 saturated heterocycles. The number of para-hydroxylation sites is 1. The van der Waals surface area contributed by atoms with Gasteiger partial charge in [-0.1, -0.05) is 43.7 Å². The van der Waals surface area contributed by atoms with Crippen LogP contribution in [0.3, 0.4) is 0 Å². The van der Waals surface area contributed by atoms with Crippen LogP contribution in [0.5, 0.6) is 5.75 Å². The number of nitrogens with one attached hydrogen (secondary N) is 1. The number of amides is 1. The molecule has 2 rings (SSSR count). The van der Waals surface area contributed by atoms with Gasteiger partial charge < -0.3 is 10.1 Å². The summed E-state index contributed by atoms with van der Waals surface area (Å²) in [6, 6.07) is 7.93. The third-order valence-corrected chi connectivity index (χ3v) is 4.09. The highest BCUT2D eigenvalue weighted by Crippen LogP contribution is 2.26. The quantitative estimate of drug-likeness (QED) is 0.800. The van der Waals surface area contributed by atoms with Gasteiger partial charge in [0.1, 0.15) is 5.75 Å². The summed E-state index contributed by atoms with van der Waals surface area (Å²) in [6.45, 7) is 6.71. The molecule has 3 nitrogen and oxygen atoms in total. The van der Waals surface area contributed by atoms with Crippen molar-refractivity contribution in [3.05, 3.63) is 41.5 Å². The van der Waals surface area contributed by atoms with E-state index in [9.17, 15) is 4.79 Å². The first-order valence-electron chi connectivity index (χ1n) is 8.29. The monoisotopic (exact) mass is 301 g/mol. The number of hydrogen-bond donors (Lipinski definition) is 1. The fourth-order valence-corrected chi connectivity index (χ4v) is 2.72. The van der Waals surface area contributed by atoms with Gasteiger partial charge in [0, 0.05) is 6.54 Å². The van der Waals surface area contributed by atoms with Crippen LogP contribution >= 0.6 is 0 Å². The molecule has 0 radical (unpaired) electrons. The lowest BCUT2D eigenvalue weighted by Crippen LogP contribution is -2.37. The van der Waals surface area contributed by atoms with Crippen molar-refractivity contribution in [3.8, 4) is 5.75 Å². The maximum atomic E-state index is 12.2. The zero-order valence-corrected chi connectivity index (χ0v) is 13.9. The van der Waals surface area contributed by atoms with Crippen molar-refractivity contribution in [3.63, 3.8) is 0 Å². The molecule has 1 N–H and O–H groups in total. The third-order valence-electron chi connectivity index (χ3n) is 4.09. The van der Waals surface area contributed by atoms with Gasteiger partial charge in [0.25, 0.3) is 5.91 Å². The van der Waals surface area contributed by atoms with Gasteiger partial charge in [0.15, 0.2) is 6.10 Å². The molecule has 0 heterocycles. The Morgan fingerprint density at radius 3 is 2.68 bits per heavy atom. The zero-order valence-electron chi connectivity index (χ0n) is 13.9. The molecule has 0 aromatic heterocycles. The molecule has 0 fully saturated rings. The maximum Gasteiger partial charge on any atom is 0.261 e. The molecule has 0 bridgehead atoms. The summed E-state index contributed by atoms with van der Waals surface area (Å²) >= 11 is 0. The predicted octanol–water partition coefficient (Wildman–Crippen LogP) is 4.19. The number of ether oxygens (including phenoxy) is 1. The summed E-state index contributed by atoms with van der Waals surface area (Å²) in [7, 11) is 0. The number of carbonyl (C=O) groups is 1. The van der Waals surface area contributed by atoms with Gasteiger partial charge in [-0.25, -0.2) is 0 Å². The van der Waals surface area contributed by atoms with Gasteiger partial charge in [0.2, 0.25) is 0 Å². The summed E-state index contributed by atoms with van der Waals surface area (Å²) in [5.74, 6) is 1.13. The summed E-state index contributed by atoms with van der Waals surface area (Å²) in [5, 5.41) is 2.99. The Kier molecular flexibility index (Phi) is 6.05. The van der Waals surface area contributed by atoms with E-state index in [2.05, 4.69) is 31.3 Å². The Morgan fingerprint density at radius 2 is 2.00 bits per heavy atom. The largest absolute Gasteiger partial charge is 0.481 e. The molecule has 1 aromatic rings. The van der Waals surface area contributed by atoms with Gasteiger partial charge >= 0.3 is 0 Å². The number of hydrogen-bond acceptors (Lipinski definition) is 2. The first-order chi connectivity index (χ1) is 10.6. The van der Waals surface area contributed by atoms with Crippen LogP contribution in [0.25, 0.3) is 0 Å². The Morgan fingerprint density at radius 1 is 1.23 bits per heavy atom. The van der Waals surface area contributed by atoms with Crippen LogP contribution in [0.15, 0.2) is 35.9 Å². The van der Waals surface area contributed by atoms with Crippen LogP contribution in [0, 0.1) is 0 Å². The van der Waals surface area contributed by atoms with Gasteiger partial charge in [0.05, 0.1) is 0 Å². The second-order valence-electron chi connectivity index (χ2n) is 6.28.